The number of rotatable bonds is 13. The Hall–Kier alpha value is -1.81. The van der Waals surface area contributed by atoms with Crippen molar-refractivity contribution in [3.05, 3.63) is 91.0 Å². The number of benzene rings is 3. The van der Waals surface area contributed by atoms with Gasteiger partial charge in [-0.05, 0) is 84.4 Å². The summed E-state index contributed by atoms with van der Waals surface area (Å²) in [5.74, 6) is 0. The van der Waals surface area contributed by atoms with Gasteiger partial charge in [0.15, 0.2) is 0 Å². The Morgan fingerprint density at radius 3 is 1.14 bits per heavy atom. The highest BCUT2D eigenvalue weighted by Crippen LogP contribution is 2.56. The van der Waals surface area contributed by atoms with Crippen molar-refractivity contribution in [1.29, 1.82) is 0 Å². The summed E-state index contributed by atoms with van der Waals surface area (Å²) in [6.45, 7) is 12.4. The summed E-state index contributed by atoms with van der Waals surface area (Å²) in [4.78, 5) is 0. The molecule has 3 aromatic rings. The molecule has 0 N–H and O–H groups in total. The van der Waals surface area contributed by atoms with E-state index in [2.05, 4.69) is 133 Å². The van der Waals surface area contributed by atoms with E-state index >= 15 is 0 Å². The van der Waals surface area contributed by atoms with E-state index in [9.17, 15) is 0 Å². The van der Waals surface area contributed by atoms with E-state index in [-0.39, 0.29) is 18.3 Å². The molecular weight excluding hydrogens is 467 g/mol. The smallest absolute Gasteiger partial charge is 0.371 e. The molecule has 0 amide bonds. The van der Waals surface area contributed by atoms with Crippen LogP contribution in [0.1, 0.15) is 48.0 Å². The van der Waals surface area contributed by atoms with Crippen molar-refractivity contribution >= 4 is 32.0 Å². The summed E-state index contributed by atoms with van der Waals surface area (Å²) in [6.07, 6.45) is 2.15. The van der Waals surface area contributed by atoms with Gasteiger partial charge in [0.1, 0.15) is 23.2 Å². The largest absolute Gasteiger partial charge is 0.501 e. The average molecular weight is 510 g/mol. The molecule has 0 atom stereocenters. The van der Waals surface area contributed by atoms with E-state index in [1.54, 1.807) is 0 Å². The third-order valence-electron chi connectivity index (χ3n) is 5.81. The Bertz CT molecular complexity index is 871. The highest BCUT2D eigenvalue weighted by molar-refractivity contribution is 7.95. The number of hydrogen-bond donors (Lipinski definition) is 0. The molecule has 0 aliphatic rings. The first kappa shape index (κ1) is 27.8. The maximum absolute atomic E-state index is 6.50. The third-order valence-corrected chi connectivity index (χ3v) is 13.8. The highest BCUT2D eigenvalue weighted by atomic mass is 31.2. The Kier molecular flexibility index (Phi) is 10.3. The molecule has 0 bridgehead atoms. The van der Waals surface area contributed by atoms with Crippen molar-refractivity contribution in [2.24, 2.45) is 0 Å². The van der Waals surface area contributed by atoms with E-state index in [1.165, 1.54) is 15.9 Å². The van der Waals surface area contributed by atoms with Gasteiger partial charge in [-0.3, -0.25) is 0 Å². The fourth-order valence-corrected chi connectivity index (χ4v) is 12.7. The summed E-state index contributed by atoms with van der Waals surface area (Å²) in [5.41, 5.74) is 0. The minimum absolute atomic E-state index is 0.0519. The standard InChI is InChI=1S/C30H42O3PSi/c1-25(2)31-35(32-26(3)4,33-27(5)6)24-16-23-34(28-17-10-7-11-18-28,29-19-12-8-13-20-29)30-21-14-9-15-22-30/h7-15,17-22,25-27H,16,23-24H2,1-6H3/q+1. The Balaban J connectivity index is 2.05. The van der Waals surface area contributed by atoms with Gasteiger partial charge in [-0.2, -0.15) is 0 Å². The van der Waals surface area contributed by atoms with Crippen LogP contribution >= 0.6 is 7.26 Å². The molecule has 0 saturated heterocycles. The lowest BCUT2D eigenvalue weighted by Gasteiger charge is -2.35. The normalized spacial score (nSPS) is 12.6. The second-order valence-corrected chi connectivity index (χ2v) is 16.0. The second kappa shape index (κ2) is 12.9. The molecule has 0 saturated carbocycles. The fourth-order valence-electron chi connectivity index (χ4n) is 4.75. The molecule has 35 heavy (non-hydrogen) atoms. The summed E-state index contributed by atoms with van der Waals surface area (Å²) < 4.78 is 19.5. The molecule has 3 aromatic carbocycles. The predicted octanol–water partition coefficient (Wildman–Crippen LogP) is 6.58. The van der Waals surface area contributed by atoms with Crippen LogP contribution in [0.4, 0.5) is 0 Å². The van der Waals surface area contributed by atoms with Crippen LogP contribution in [0.25, 0.3) is 0 Å². The molecule has 5 heteroatoms. The lowest BCUT2D eigenvalue weighted by atomic mass is 10.4. The van der Waals surface area contributed by atoms with Gasteiger partial charge in [0.05, 0.1) is 6.16 Å². The van der Waals surface area contributed by atoms with Gasteiger partial charge < -0.3 is 13.3 Å². The number of hydrogen-bond acceptors (Lipinski definition) is 3. The van der Waals surface area contributed by atoms with Crippen molar-refractivity contribution in [2.45, 2.75) is 72.3 Å². The zero-order valence-corrected chi connectivity index (χ0v) is 24.1. The first-order valence-electron chi connectivity index (χ1n) is 12.9. The van der Waals surface area contributed by atoms with Crippen LogP contribution in [0.15, 0.2) is 91.0 Å². The quantitative estimate of drug-likeness (QED) is 0.192. The van der Waals surface area contributed by atoms with E-state index in [4.69, 9.17) is 13.3 Å². The Morgan fingerprint density at radius 2 is 0.857 bits per heavy atom. The van der Waals surface area contributed by atoms with Gasteiger partial charge in [0.25, 0.3) is 0 Å². The zero-order chi connectivity index (χ0) is 25.3. The van der Waals surface area contributed by atoms with Crippen LogP contribution < -0.4 is 15.9 Å². The summed E-state index contributed by atoms with van der Waals surface area (Å²) in [7, 11) is -4.76. The zero-order valence-electron chi connectivity index (χ0n) is 22.2. The SMILES string of the molecule is CC(C)O[Si](CCC[P+](c1ccccc1)(c1ccccc1)c1ccccc1)(OC(C)C)OC(C)C. The summed E-state index contributed by atoms with van der Waals surface area (Å²) in [5, 5.41) is 4.22. The maximum Gasteiger partial charge on any atom is 0.501 e. The summed E-state index contributed by atoms with van der Waals surface area (Å²) in [6, 6.07) is 33.9. The first-order chi connectivity index (χ1) is 16.8. The van der Waals surface area contributed by atoms with Gasteiger partial charge in [0, 0.05) is 24.4 Å². The second-order valence-electron chi connectivity index (χ2n) is 9.83. The predicted molar refractivity (Wildman–Crippen MR) is 154 cm³/mol. The van der Waals surface area contributed by atoms with Gasteiger partial charge in [0.2, 0.25) is 0 Å². The van der Waals surface area contributed by atoms with Gasteiger partial charge in [-0.1, -0.05) is 54.6 Å². The summed E-state index contributed by atoms with van der Waals surface area (Å²) >= 11 is 0. The topological polar surface area (TPSA) is 27.7 Å². The van der Waals surface area contributed by atoms with Crippen LogP contribution in [0.2, 0.25) is 6.04 Å². The molecule has 3 nitrogen and oxygen atoms in total. The van der Waals surface area contributed by atoms with E-state index in [0.29, 0.717) is 0 Å². The molecular formula is C30H42O3PSi+. The first-order valence-corrected chi connectivity index (χ1v) is 16.8. The van der Waals surface area contributed by atoms with Crippen LogP contribution in [0.3, 0.4) is 0 Å². The van der Waals surface area contributed by atoms with E-state index in [1.807, 2.05) is 0 Å². The molecule has 3 rings (SSSR count). The van der Waals surface area contributed by atoms with Gasteiger partial charge in [-0.25, -0.2) is 0 Å². The van der Waals surface area contributed by atoms with Crippen molar-refractivity contribution < 1.29 is 13.3 Å². The molecule has 0 aliphatic carbocycles. The highest BCUT2D eigenvalue weighted by Gasteiger charge is 2.48. The van der Waals surface area contributed by atoms with E-state index in [0.717, 1.165) is 18.6 Å². The lowest BCUT2D eigenvalue weighted by Crippen LogP contribution is -2.50. The monoisotopic (exact) mass is 509 g/mol. The van der Waals surface area contributed by atoms with E-state index < -0.39 is 16.1 Å². The van der Waals surface area contributed by atoms with Crippen LogP contribution in [-0.2, 0) is 13.3 Å². The van der Waals surface area contributed by atoms with Gasteiger partial charge in [-0.15, -0.1) is 0 Å². The Morgan fingerprint density at radius 1 is 0.543 bits per heavy atom. The maximum atomic E-state index is 6.50. The van der Waals surface area contributed by atoms with Crippen molar-refractivity contribution in [2.75, 3.05) is 6.16 Å². The van der Waals surface area contributed by atoms with Crippen LogP contribution in [0, 0.1) is 0 Å². The molecule has 0 unspecified atom stereocenters. The molecule has 0 fully saturated rings. The molecule has 188 valence electrons. The molecule has 0 spiro atoms. The molecule has 0 aromatic heterocycles. The van der Waals surface area contributed by atoms with Gasteiger partial charge >= 0.3 is 8.80 Å². The van der Waals surface area contributed by atoms with Crippen molar-refractivity contribution in [3.63, 3.8) is 0 Å². The average Bonchev–Trinajstić information content (AvgIpc) is 2.82. The molecule has 0 heterocycles. The van der Waals surface area contributed by atoms with Crippen molar-refractivity contribution in [3.8, 4) is 0 Å². The molecule has 0 aliphatic heterocycles. The minimum Gasteiger partial charge on any atom is -0.371 e. The fraction of sp³-hybridized carbons (Fsp3) is 0.400. The Labute approximate surface area is 214 Å². The third kappa shape index (κ3) is 7.35. The minimum atomic E-state index is -2.87. The van der Waals surface area contributed by atoms with Crippen LogP contribution in [-0.4, -0.2) is 33.3 Å². The lowest BCUT2D eigenvalue weighted by molar-refractivity contribution is 0.00318. The van der Waals surface area contributed by atoms with Crippen molar-refractivity contribution in [1.82, 2.24) is 0 Å². The molecule has 0 radical (unpaired) electrons. The van der Waals surface area contributed by atoms with Crippen LogP contribution in [0.5, 0.6) is 0 Å².